The van der Waals surface area contributed by atoms with Crippen molar-refractivity contribution in [3.63, 3.8) is 0 Å². The highest BCUT2D eigenvalue weighted by atomic mass is 32.2. The van der Waals surface area contributed by atoms with Gasteiger partial charge in [0.2, 0.25) is 5.91 Å². The van der Waals surface area contributed by atoms with Crippen molar-refractivity contribution in [1.29, 1.82) is 5.26 Å². The summed E-state index contributed by atoms with van der Waals surface area (Å²) in [5.41, 5.74) is 3.16. The van der Waals surface area contributed by atoms with Crippen LogP contribution in [0, 0.1) is 11.3 Å². The molecule has 1 atom stereocenters. The lowest BCUT2D eigenvalue weighted by Gasteiger charge is -2.15. The van der Waals surface area contributed by atoms with E-state index in [0.29, 0.717) is 38.9 Å². The lowest BCUT2D eigenvalue weighted by Crippen LogP contribution is -2.23. The number of hydrogen-bond donors (Lipinski definition) is 1. The first kappa shape index (κ1) is 23.3. The van der Waals surface area contributed by atoms with Gasteiger partial charge in [0.05, 0.1) is 33.6 Å². The predicted octanol–water partition coefficient (Wildman–Crippen LogP) is 5.50. The number of anilines is 1. The summed E-state index contributed by atoms with van der Waals surface area (Å²) in [6, 6.07) is 24.0. The zero-order valence-electron chi connectivity index (χ0n) is 19.0. The van der Waals surface area contributed by atoms with E-state index in [1.165, 1.54) is 17.3 Å². The van der Waals surface area contributed by atoms with Gasteiger partial charge >= 0.3 is 0 Å². The maximum absolute atomic E-state index is 13.4. The maximum atomic E-state index is 13.4. The van der Waals surface area contributed by atoms with Crippen molar-refractivity contribution in [1.82, 2.24) is 9.55 Å². The van der Waals surface area contributed by atoms with Crippen LogP contribution in [-0.2, 0) is 4.79 Å². The molecule has 7 heteroatoms. The Morgan fingerprint density at radius 3 is 2.53 bits per heavy atom. The third-order valence-electron chi connectivity index (χ3n) is 5.73. The average molecular weight is 469 g/mol. The second kappa shape index (κ2) is 10.4. The number of hydrogen-bond acceptors (Lipinski definition) is 5. The first-order chi connectivity index (χ1) is 16.5. The van der Waals surface area contributed by atoms with Gasteiger partial charge in [-0.15, -0.1) is 0 Å². The number of thioether (sulfide) groups is 1. The van der Waals surface area contributed by atoms with Gasteiger partial charge < -0.3 is 5.32 Å². The number of rotatable bonds is 7. The highest BCUT2D eigenvalue weighted by Gasteiger charge is 2.16. The van der Waals surface area contributed by atoms with Crippen LogP contribution < -0.4 is 10.9 Å². The van der Waals surface area contributed by atoms with Crippen LogP contribution in [-0.4, -0.2) is 21.2 Å². The number of nitrogens with one attached hydrogen (secondary N) is 1. The van der Waals surface area contributed by atoms with Gasteiger partial charge in [-0.3, -0.25) is 14.2 Å². The Labute approximate surface area is 202 Å². The van der Waals surface area contributed by atoms with Crippen molar-refractivity contribution in [2.24, 2.45) is 0 Å². The zero-order chi connectivity index (χ0) is 24.1. The fourth-order valence-corrected chi connectivity index (χ4v) is 4.44. The SMILES string of the molecule is CCC(C)c1ccc(-n2c(SCC(=O)Nc3ccccc3C#N)nc3ccccc3c2=O)cc1. The smallest absolute Gasteiger partial charge is 0.266 e. The van der Waals surface area contributed by atoms with E-state index < -0.39 is 0 Å². The van der Waals surface area contributed by atoms with Gasteiger partial charge in [0.15, 0.2) is 5.16 Å². The summed E-state index contributed by atoms with van der Waals surface area (Å²) < 4.78 is 1.56. The quantitative estimate of drug-likeness (QED) is 0.286. The molecule has 4 aromatic rings. The molecule has 0 saturated carbocycles. The van der Waals surface area contributed by atoms with Gasteiger partial charge in [0.25, 0.3) is 5.56 Å². The molecule has 0 saturated heterocycles. The molecule has 0 aliphatic rings. The summed E-state index contributed by atoms with van der Waals surface area (Å²) in [7, 11) is 0. The van der Waals surface area contributed by atoms with Crippen LogP contribution in [0.1, 0.15) is 37.3 Å². The molecule has 0 radical (unpaired) electrons. The number of fused-ring (bicyclic) bond motifs is 1. The van der Waals surface area contributed by atoms with E-state index in [2.05, 4.69) is 25.2 Å². The van der Waals surface area contributed by atoms with Gasteiger partial charge in [0, 0.05) is 0 Å². The zero-order valence-corrected chi connectivity index (χ0v) is 19.8. The van der Waals surface area contributed by atoms with Crippen molar-refractivity contribution in [3.05, 3.63) is 94.3 Å². The van der Waals surface area contributed by atoms with Crippen LogP contribution in [0.2, 0.25) is 0 Å². The Kier molecular flexibility index (Phi) is 7.09. The molecule has 0 aliphatic heterocycles. The van der Waals surface area contributed by atoms with E-state index in [4.69, 9.17) is 4.98 Å². The van der Waals surface area contributed by atoms with Crippen molar-refractivity contribution < 1.29 is 4.79 Å². The summed E-state index contributed by atoms with van der Waals surface area (Å²) in [4.78, 5) is 30.8. The number of amides is 1. The molecule has 170 valence electrons. The topological polar surface area (TPSA) is 87.8 Å². The van der Waals surface area contributed by atoms with Crippen LogP contribution in [0.5, 0.6) is 0 Å². The Morgan fingerprint density at radius 2 is 1.79 bits per heavy atom. The van der Waals surface area contributed by atoms with Crippen molar-refractivity contribution in [3.8, 4) is 11.8 Å². The monoisotopic (exact) mass is 468 g/mol. The molecule has 1 N–H and O–H groups in total. The Hall–Kier alpha value is -3.89. The van der Waals surface area contributed by atoms with Gasteiger partial charge in [-0.25, -0.2) is 4.98 Å². The lowest BCUT2D eigenvalue weighted by atomic mass is 9.98. The van der Waals surface area contributed by atoms with Crippen LogP contribution >= 0.6 is 11.8 Å². The number of carbonyl (C=O) groups is 1. The van der Waals surface area contributed by atoms with Crippen molar-refractivity contribution in [2.75, 3.05) is 11.1 Å². The molecule has 6 nitrogen and oxygen atoms in total. The molecular formula is C27H24N4O2S. The highest BCUT2D eigenvalue weighted by Crippen LogP contribution is 2.24. The van der Waals surface area contributed by atoms with E-state index in [0.717, 1.165) is 6.42 Å². The van der Waals surface area contributed by atoms with Gasteiger partial charge in [-0.05, 0) is 54.3 Å². The maximum Gasteiger partial charge on any atom is 0.266 e. The molecule has 1 unspecified atom stereocenters. The molecule has 0 spiro atoms. The van der Waals surface area contributed by atoms with Crippen LogP contribution in [0.15, 0.2) is 82.7 Å². The third-order valence-corrected chi connectivity index (χ3v) is 6.67. The number of nitriles is 1. The molecule has 0 aliphatic carbocycles. The summed E-state index contributed by atoms with van der Waals surface area (Å²) in [6.45, 7) is 4.31. The molecule has 4 rings (SSSR count). The Morgan fingerprint density at radius 1 is 1.09 bits per heavy atom. The van der Waals surface area contributed by atoms with Crippen LogP contribution in [0.4, 0.5) is 5.69 Å². The van der Waals surface area contributed by atoms with Crippen LogP contribution in [0.25, 0.3) is 16.6 Å². The second-order valence-electron chi connectivity index (χ2n) is 7.95. The molecule has 0 fully saturated rings. The number of nitrogens with zero attached hydrogens (tertiary/aromatic N) is 3. The normalized spacial score (nSPS) is 11.7. The highest BCUT2D eigenvalue weighted by molar-refractivity contribution is 7.99. The molecule has 1 heterocycles. The number of benzene rings is 3. The molecule has 34 heavy (non-hydrogen) atoms. The summed E-state index contributed by atoms with van der Waals surface area (Å²) in [5.74, 6) is 0.179. The molecular weight excluding hydrogens is 444 g/mol. The summed E-state index contributed by atoms with van der Waals surface area (Å²) in [5, 5.41) is 13.0. The Bertz CT molecular complexity index is 1440. The third kappa shape index (κ3) is 4.87. The molecule has 3 aromatic carbocycles. The lowest BCUT2D eigenvalue weighted by molar-refractivity contribution is -0.113. The fourth-order valence-electron chi connectivity index (χ4n) is 3.63. The van der Waals surface area contributed by atoms with E-state index in [1.807, 2.05) is 36.4 Å². The van der Waals surface area contributed by atoms with Crippen molar-refractivity contribution in [2.45, 2.75) is 31.3 Å². The first-order valence-corrected chi connectivity index (χ1v) is 12.0. The van der Waals surface area contributed by atoms with Crippen LogP contribution in [0.3, 0.4) is 0 Å². The van der Waals surface area contributed by atoms with E-state index in [-0.39, 0.29) is 17.2 Å². The summed E-state index contributed by atoms with van der Waals surface area (Å²) in [6.07, 6.45) is 1.03. The standard InChI is InChI=1S/C27H24N4O2S/c1-3-18(2)19-12-14-21(15-13-19)31-26(33)22-9-5-7-11-24(22)30-27(31)34-17-25(32)29-23-10-6-4-8-20(23)16-28/h4-15,18H,3,17H2,1-2H3,(H,29,32). The van der Waals surface area contributed by atoms with Gasteiger partial charge in [-0.2, -0.15) is 5.26 Å². The van der Waals surface area contributed by atoms with E-state index in [9.17, 15) is 14.9 Å². The van der Waals surface area contributed by atoms with E-state index in [1.54, 1.807) is 41.0 Å². The number of aromatic nitrogens is 2. The first-order valence-electron chi connectivity index (χ1n) is 11.1. The molecule has 0 bridgehead atoms. The molecule has 1 amide bonds. The Balaban J connectivity index is 1.67. The number of para-hydroxylation sites is 2. The van der Waals surface area contributed by atoms with Crippen molar-refractivity contribution >= 4 is 34.3 Å². The average Bonchev–Trinajstić information content (AvgIpc) is 2.87. The number of carbonyl (C=O) groups excluding carboxylic acids is 1. The summed E-state index contributed by atoms with van der Waals surface area (Å²) >= 11 is 1.18. The fraction of sp³-hybridized carbons (Fsp3) is 0.185. The van der Waals surface area contributed by atoms with E-state index >= 15 is 0 Å². The second-order valence-corrected chi connectivity index (χ2v) is 8.89. The largest absolute Gasteiger partial charge is 0.324 e. The van der Waals surface area contributed by atoms with Gasteiger partial charge in [-0.1, -0.05) is 62.0 Å². The van der Waals surface area contributed by atoms with Gasteiger partial charge in [0.1, 0.15) is 6.07 Å². The minimum Gasteiger partial charge on any atom is -0.324 e. The minimum atomic E-state index is -0.284. The molecule has 1 aromatic heterocycles. The predicted molar refractivity (Wildman–Crippen MR) is 137 cm³/mol. The minimum absolute atomic E-state index is 0.0372.